The van der Waals surface area contributed by atoms with E-state index in [1.807, 2.05) is 30.3 Å². The fourth-order valence-electron chi connectivity index (χ4n) is 4.19. The summed E-state index contributed by atoms with van der Waals surface area (Å²) in [5.41, 5.74) is 2.56. The predicted molar refractivity (Wildman–Crippen MR) is 162 cm³/mol. The van der Waals surface area contributed by atoms with E-state index in [2.05, 4.69) is 121 Å². The Hall–Kier alpha value is -2.46. The van der Waals surface area contributed by atoms with Crippen LogP contribution in [-0.4, -0.2) is 0 Å². The summed E-state index contributed by atoms with van der Waals surface area (Å²) in [6.45, 7) is 0. The summed E-state index contributed by atoms with van der Waals surface area (Å²) >= 11 is 5.53. The SMILES string of the molecule is ClCc1ccccc1.P.[Cl-].c1ccc(C[P+](c2ccccc2)(c2ccccc2)c2ccccc2)cc1. The van der Waals surface area contributed by atoms with Crippen molar-refractivity contribution in [2.75, 3.05) is 0 Å². The highest BCUT2D eigenvalue weighted by Gasteiger charge is 2.45. The zero-order valence-corrected chi connectivity index (χ0v) is 24.1. The van der Waals surface area contributed by atoms with Crippen LogP contribution < -0.4 is 28.3 Å². The summed E-state index contributed by atoms with van der Waals surface area (Å²) in [4.78, 5) is 0. The molecule has 5 rings (SSSR count). The van der Waals surface area contributed by atoms with E-state index in [9.17, 15) is 0 Å². The molecule has 184 valence electrons. The van der Waals surface area contributed by atoms with E-state index in [1.165, 1.54) is 27.0 Å². The molecule has 0 bridgehead atoms. The molecule has 1 unspecified atom stereocenters. The van der Waals surface area contributed by atoms with Crippen LogP contribution in [0.3, 0.4) is 0 Å². The predicted octanol–water partition coefficient (Wildman–Crippen LogP) is 4.67. The molecular weight excluding hydrogens is 517 g/mol. The smallest absolute Gasteiger partial charge is 0.116 e. The van der Waals surface area contributed by atoms with Crippen LogP contribution in [0.15, 0.2) is 152 Å². The van der Waals surface area contributed by atoms with Gasteiger partial charge in [-0.3, -0.25) is 0 Å². The van der Waals surface area contributed by atoms with Crippen molar-refractivity contribution >= 4 is 44.7 Å². The van der Waals surface area contributed by atoms with Gasteiger partial charge in [0.15, 0.2) is 0 Å². The molecule has 4 heteroatoms. The molecule has 0 aliphatic heterocycles. The average molecular weight is 549 g/mol. The topological polar surface area (TPSA) is 0 Å². The summed E-state index contributed by atoms with van der Waals surface area (Å²) < 4.78 is 0. The molecule has 0 fully saturated rings. The van der Waals surface area contributed by atoms with Gasteiger partial charge in [0.2, 0.25) is 0 Å². The Kier molecular flexibility index (Phi) is 12.9. The molecule has 0 radical (unpaired) electrons. The van der Waals surface area contributed by atoms with Crippen LogP contribution in [0, 0.1) is 0 Å². The second kappa shape index (κ2) is 15.6. The molecule has 5 aromatic carbocycles. The Balaban J connectivity index is 0.000000393. The van der Waals surface area contributed by atoms with Gasteiger partial charge in [-0.15, -0.1) is 11.6 Å². The Morgan fingerprint density at radius 1 is 0.417 bits per heavy atom. The number of benzene rings is 5. The third-order valence-corrected chi connectivity index (χ3v) is 10.5. The van der Waals surface area contributed by atoms with Crippen molar-refractivity contribution in [2.45, 2.75) is 12.0 Å². The molecule has 0 nitrogen and oxygen atoms in total. The monoisotopic (exact) mass is 548 g/mol. The third-order valence-electron chi connectivity index (χ3n) is 5.85. The summed E-state index contributed by atoms with van der Waals surface area (Å²) in [6.07, 6.45) is 1.03. The van der Waals surface area contributed by atoms with Crippen molar-refractivity contribution < 1.29 is 12.4 Å². The first kappa shape index (κ1) is 29.8. The normalized spacial score (nSPS) is 10.1. The molecule has 1 atom stereocenters. The van der Waals surface area contributed by atoms with Crippen LogP contribution in [0.25, 0.3) is 0 Å². The maximum absolute atomic E-state index is 5.53. The highest BCUT2D eigenvalue weighted by atomic mass is 35.5. The fourth-order valence-corrected chi connectivity index (χ4v) is 8.62. The lowest BCUT2D eigenvalue weighted by atomic mass is 10.2. The number of rotatable bonds is 6. The van der Waals surface area contributed by atoms with Gasteiger partial charge in [0.05, 0.1) is 6.16 Å². The molecule has 0 saturated carbocycles. The maximum atomic E-state index is 5.53. The average Bonchev–Trinajstić information content (AvgIpc) is 2.94. The second-order valence-corrected chi connectivity index (χ2v) is 11.8. The largest absolute Gasteiger partial charge is 1.00 e. The minimum absolute atomic E-state index is 0. The van der Waals surface area contributed by atoms with E-state index in [0.29, 0.717) is 5.88 Å². The standard InChI is InChI=1S/C25H22P.C7H7Cl.ClH.H3P/c1-5-13-22(14-6-1)21-26(23-15-7-2-8-16-23,24-17-9-3-10-18-24)25-19-11-4-12-20-25;8-6-7-4-2-1-3-5-7;;/h1-20H,21H2;1-5H,6H2;1H;1H3/q+1;;;/p-1. The van der Waals surface area contributed by atoms with E-state index >= 15 is 0 Å². The van der Waals surface area contributed by atoms with E-state index in [1.54, 1.807) is 0 Å². The quantitative estimate of drug-likeness (QED) is 0.214. The van der Waals surface area contributed by atoms with Crippen LogP contribution in [0.1, 0.15) is 11.1 Å². The van der Waals surface area contributed by atoms with E-state index in [-0.39, 0.29) is 22.3 Å². The van der Waals surface area contributed by atoms with E-state index < -0.39 is 7.26 Å². The highest BCUT2D eigenvalue weighted by molar-refractivity contribution is 7.95. The minimum Gasteiger partial charge on any atom is -1.00 e. The van der Waals surface area contributed by atoms with Crippen LogP contribution in [0.2, 0.25) is 0 Å². The van der Waals surface area contributed by atoms with Crippen molar-refractivity contribution in [1.82, 2.24) is 0 Å². The van der Waals surface area contributed by atoms with E-state index in [0.717, 1.165) is 6.16 Å². The van der Waals surface area contributed by atoms with Crippen LogP contribution >= 0.6 is 28.8 Å². The molecule has 0 N–H and O–H groups in total. The lowest BCUT2D eigenvalue weighted by Gasteiger charge is -2.27. The zero-order valence-electron chi connectivity index (χ0n) is 20.3. The van der Waals surface area contributed by atoms with Gasteiger partial charge in [-0.25, -0.2) is 0 Å². The summed E-state index contributed by atoms with van der Waals surface area (Å²) in [5.74, 6) is 0.612. The number of halogens is 2. The molecule has 36 heavy (non-hydrogen) atoms. The lowest BCUT2D eigenvalue weighted by Crippen LogP contribution is -3.00. The van der Waals surface area contributed by atoms with Gasteiger partial charge in [0, 0.05) is 5.88 Å². The molecule has 0 amide bonds. The Morgan fingerprint density at radius 2 is 0.694 bits per heavy atom. The molecular formula is C32H32Cl2P2. The van der Waals surface area contributed by atoms with Gasteiger partial charge in [0.25, 0.3) is 0 Å². The van der Waals surface area contributed by atoms with Crippen LogP contribution in [0.4, 0.5) is 0 Å². The first-order valence-corrected chi connectivity index (χ1v) is 14.0. The summed E-state index contributed by atoms with van der Waals surface area (Å²) in [6, 6.07) is 54.0. The molecule has 0 spiro atoms. The highest BCUT2D eigenvalue weighted by Crippen LogP contribution is 2.58. The van der Waals surface area contributed by atoms with Crippen molar-refractivity contribution in [3.05, 3.63) is 163 Å². The zero-order chi connectivity index (χ0) is 23.5. The van der Waals surface area contributed by atoms with Crippen molar-refractivity contribution in [2.24, 2.45) is 0 Å². The molecule has 0 aromatic heterocycles. The summed E-state index contributed by atoms with van der Waals surface area (Å²) in [7, 11) is -1.78. The number of alkyl halides is 1. The van der Waals surface area contributed by atoms with Crippen LogP contribution in [-0.2, 0) is 12.0 Å². The molecule has 0 aliphatic carbocycles. The lowest BCUT2D eigenvalue weighted by molar-refractivity contribution is -0.00000673. The number of hydrogen-bond donors (Lipinski definition) is 0. The van der Waals surface area contributed by atoms with Gasteiger partial charge < -0.3 is 12.4 Å². The van der Waals surface area contributed by atoms with Crippen molar-refractivity contribution in [1.29, 1.82) is 0 Å². The Morgan fingerprint density at radius 3 is 0.972 bits per heavy atom. The Bertz CT molecular complexity index is 1140. The van der Waals surface area contributed by atoms with Gasteiger partial charge in [-0.1, -0.05) is 115 Å². The molecule has 0 heterocycles. The van der Waals surface area contributed by atoms with Gasteiger partial charge in [0.1, 0.15) is 23.2 Å². The van der Waals surface area contributed by atoms with Gasteiger partial charge >= 0.3 is 0 Å². The first-order chi connectivity index (χ1) is 16.8. The van der Waals surface area contributed by atoms with E-state index in [4.69, 9.17) is 11.6 Å². The van der Waals surface area contributed by atoms with Crippen LogP contribution in [0.5, 0.6) is 0 Å². The van der Waals surface area contributed by atoms with Crippen molar-refractivity contribution in [3.8, 4) is 0 Å². The van der Waals surface area contributed by atoms with Gasteiger partial charge in [-0.2, -0.15) is 9.90 Å². The minimum atomic E-state index is -1.78. The molecule has 0 saturated heterocycles. The molecule has 0 aliphatic rings. The number of hydrogen-bond acceptors (Lipinski definition) is 0. The molecule has 5 aromatic rings. The van der Waals surface area contributed by atoms with Gasteiger partial charge in [-0.05, 0) is 47.5 Å². The maximum Gasteiger partial charge on any atom is 0.116 e. The van der Waals surface area contributed by atoms with Crippen molar-refractivity contribution in [3.63, 3.8) is 0 Å². The Labute approximate surface area is 231 Å². The fraction of sp³-hybridized carbons (Fsp3) is 0.0625. The first-order valence-electron chi connectivity index (χ1n) is 11.5. The summed E-state index contributed by atoms with van der Waals surface area (Å²) in [5, 5.41) is 4.30. The second-order valence-electron chi connectivity index (χ2n) is 8.08. The third kappa shape index (κ3) is 7.52.